The third kappa shape index (κ3) is 4.63. The summed E-state index contributed by atoms with van der Waals surface area (Å²) in [4.78, 5) is 38.3. The summed E-state index contributed by atoms with van der Waals surface area (Å²) >= 11 is 0. The van der Waals surface area contributed by atoms with Crippen molar-refractivity contribution in [1.29, 1.82) is 0 Å². The quantitative estimate of drug-likeness (QED) is 0.793. The molecule has 2 aromatic carbocycles. The minimum atomic E-state index is -1.01. The molecular formula is C20H21N3O4. The van der Waals surface area contributed by atoms with Gasteiger partial charge in [-0.15, -0.1) is 0 Å². The first-order valence-corrected chi connectivity index (χ1v) is 8.76. The third-order valence-electron chi connectivity index (χ3n) is 4.34. The number of benzene rings is 2. The Bertz CT molecular complexity index is 832. The molecule has 3 N–H and O–H groups in total. The van der Waals surface area contributed by atoms with E-state index in [1.807, 2.05) is 6.07 Å². The first kappa shape index (κ1) is 18.4. The maximum atomic E-state index is 12.9. The lowest BCUT2D eigenvalue weighted by Gasteiger charge is -2.23. The summed E-state index contributed by atoms with van der Waals surface area (Å²) in [6.45, 7) is 1.33. The van der Waals surface area contributed by atoms with Gasteiger partial charge >= 0.3 is 12.0 Å². The number of rotatable bonds is 5. The van der Waals surface area contributed by atoms with Gasteiger partial charge in [-0.3, -0.25) is 4.79 Å². The van der Waals surface area contributed by atoms with Gasteiger partial charge in [0, 0.05) is 24.3 Å². The minimum Gasteiger partial charge on any atom is -0.444 e. The normalized spacial score (nSPS) is 14.4. The molecule has 0 unspecified atom stereocenters. The molecule has 1 heterocycles. The average Bonchev–Trinajstić information content (AvgIpc) is 3.20. The van der Waals surface area contributed by atoms with E-state index in [-0.39, 0.29) is 11.5 Å². The monoisotopic (exact) mass is 367 g/mol. The highest BCUT2D eigenvalue weighted by Gasteiger charge is 2.31. The average molecular weight is 367 g/mol. The number of hydrogen-bond donors (Lipinski definition) is 2. The van der Waals surface area contributed by atoms with Crippen LogP contribution in [0.5, 0.6) is 0 Å². The summed E-state index contributed by atoms with van der Waals surface area (Å²) in [6.07, 6.45) is 0.883. The van der Waals surface area contributed by atoms with Crippen molar-refractivity contribution in [2.45, 2.75) is 18.9 Å². The van der Waals surface area contributed by atoms with Crippen molar-refractivity contribution in [3.8, 4) is 0 Å². The van der Waals surface area contributed by atoms with Crippen LogP contribution in [0.3, 0.4) is 0 Å². The SMILES string of the molecule is NC(=O)Nc1cccc(C(=O)O[C@@H](C(=O)N2CCCC2)c2ccccc2)c1. The summed E-state index contributed by atoms with van der Waals surface area (Å²) in [6, 6.07) is 14.4. The molecule has 3 amide bonds. The van der Waals surface area contributed by atoms with E-state index < -0.39 is 18.1 Å². The van der Waals surface area contributed by atoms with Gasteiger partial charge in [-0.1, -0.05) is 36.4 Å². The van der Waals surface area contributed by atoms with Crippen LogP contribution in [0.4, 0.5) is 10.5 Å². The van der Waals surface area contributed by atoms with Gasteiger partial charge in [0.15, 0.2) is 0 Å². The number of primary amides is 1. The molecule has 0 aromatic heterocycles. The number of amides is 3. The summed E-state index contributed by atoms with van der Waals surface area (Å²) in [5.74, 6) is -0.872. The zero-order valence-corrected chi connectivity index (χ0v) is 14.8. The van der Waals surface area contributed by atoms with Gasteiger partial charge in [-0.05, 0) is 31.0 Å². The zero-order valence-electron chi connectivity index (χ0n) is 14.8. The number of nitrogens with zero attached hydrogens (tertiary/aromatic N) is 1. The summed E-state index contributed by atoms with van der Waals surface area (Å²) in [7, 11) is 0. The lowest BCUT2D eigenvalue weighted by Crippen LogP contribution is -2.34. The molecule has 2 aromatic rings. The van der Waals surface area contributed by atoms with Gasteiger partial charge in [-0.25, -0.2) is 9.59 Å². The van der Waals surface area contributed by atoms with Gasteiger partial charge in [0.25, 0.3) is 5.91 Å². The Labute approximate surface area is 157 Å². The number of carbonyl (C=O) groups excluding carboxylic acids is 3. The number of hydrogen-bond acceptors (Lipinski definition) is 4. The number of anilines is 1. The molecule has 1 atom stereocenters. The molecule has 1 saturated heterocycles. The maximum absolute atomic E-state index is 12.9. The first-order chi connectivity index (χ1) is 13.0. The number of nitrogens with one attached hydrogen (secondary N) is 1. The Kier molecular flexibility index (Phi) is 5.71. The van der Waals surface area contributed by atoms with Crippen LogP contribution in [0.1, 0.15) is 34.9 Å². The van der Waals surface area contributed by atoms with Gasteiger partial charge in [0.1, 0.15) is 0 Å². The van der Waals surface area contributed by atoms with E-state index in [1.54, 1.807) is 47.4 Å². The van der Waals surface area contributed by atoms with Crippen LogP contribution >= 0.6 is 0 Å². The molecule has 7 nitrogen and oxygen atoms in total. The molecule has 1 aliphatic rings. The highest BCUT2D eigenvalue weighted by atomic mass is 16.5. The predicted molar refractivity (Wildman–Crippen MR) is 100 cm³/mol. The van der Waals surface area contributed by atoms with Crippen molar-refractivity contribution in [3.63, 3.8) is 0 Å². The summed E-state index contributed by atoms with van der Waals surface area (Å²) < 4.78 is 5.58. The lowest BCUT2D eigenvalue weighted by atomic mass is 10.1. The number of ether oxygens (including phenoxy) is 1. The molecule has 0 radical (unpaired) electrons. The van der Waals surface area contributed by atoms with Crippen LogP contribution in [-0.4, -0.2) is 35.9 Å². The summed E-state index contributed by atoms with van der Waals surface area (Å²) in [5, 5.41) is 2.41. The fraction of sp³-hybridized carbons (Fsp3) is 0.250. The number of urea groups is 1. The molecule has 0 bridgehead atoms. The molecule has 0 saturated carbocycles. The standard InChI is InChI=1S/C20H21N3O4/c21-20(26)22-16-10-6-9-15(13-16)19(25)27-17(14-7-2-1-3-8-14)18(24)23-11-4-5-12-23/h1-3,6-10,13,17H,4-5,11-12H2,(H3,21,22,26)/t17-/m1/s1. The Morgan fingerprint density at radius 1 is 1.00 bits per heavy atom. The van der Waals surface area contributed by atoms with E-state index in [1.165, 1.54) is 6.07 Å². The summed E-state index contributed by atoms with van der Waals surface area (Å²) in [5.41, 5.74) is 6.31. The molecule has 7 heteroatoms. The van der Waals surface area contributed by atoms with Crippen LogP contribution in [-0.2, 0) is 9.53 Å². The van der Waals surface area contributed by atoms with Crippen LogP contribution in [0.15, 0.2) is 54.6 Å². The molecule has 3 rings (SSSR count). The topological polar surface area (TPSA) is 102 Å². The Morgan fingerprint density at radius 3 is 2.37 bits per heavy atom. The van der Waals surface area contributed by atoms with Crippen molar-refractivity contribution >= 4 is 23.6 Å². The third-order valence-corrected chi connectivity index (χ3v) is 4.34. The smallest absolute Gasteiger partial charge is 0.339 e. The van der Waals surface area contributed by atoms with Gasteiger partial charge in [-0.2, -0.15) is 0 Å². The molecule has 0 aliphatic carbocycles. The lowest BCUT2D eigenvalue weighted by molar-refractivity contribution is -0.140. The van der Waals surface area contributed by atoms with E-state index >= 15 is 0 Å². The molecule has 1 aliphatic heterocycles. The zero-order chi connectivity index (χ0) is 19.2. The fourth-order valence-corrected chi connectivity index (χ4v) is 3.03. The number of nitrogens with two attached hydrogens (primary N) is 1. The van der Waals surface area contributed by atoms with E-state index in [0.717, 1.165) is 12.8 Å². The molecule has 27 heavy (non-hydrogen) atoms. The molecule has 1 fully saturated rings. The Balaban J connectivity index is 1.82. The first-order valence-electron chi connectivity index (χ1n) is 8.76. The molecule has 0 spiro atoms. The van der Waals surface area contributed by atoms with E-state index in [2.05, 4.69) is 5.32 Å². The minimum absolute atomic E-state index is 0.219. The second-order valence-electron chi connectivity index (χ2n) is 6.30. The maximum Gasteiger partial charge on any atom is 0.339 e. The van der Waals surface area contributed by atoms with Crippen molar-refractivity contribution in [1.82, 2.24) is 4.90 Å². The number of carbonyl (C=O) groups is 3. The number of esters is 1. The van der Waals surface area contributed by atoms with Gasteiger partial charge < -0.3 is 20.7 Å². The van der Waals surface area contributed by atoms with Crippen molar-refractivity contribution < 1.29 is 19.1 Å². The highest BCUT2D eigenvalue weighted by Crippen LogP contribution is 2.24. The van der Waals surface area contributed by atoms with Crippen LogP contribution < -0.4 is 11.1 Å². The highest BCUT2D eigenvalue weighted by molar-refractivity contribution is 5.95. The predicted octanol–water partition coefficient (Wildman–Crippen LogP) is 2.70. The van der Waals surface area contributed by atoms with Crippen LogP contribution in [0.25, 0.3) is 0 Å². The Morgan fingerprint density at radius 2 is 1.70 bits per heavy atom. The van der Waals surface area contributed by atoms with E-state index in [0.29, 0.717) is 24.3 Å². The second-order valence-corrected chi connectivity index (χ2v) is 6.30. The van der Waals surface area contributed by atoms with Gasteiger partial charge in [0.05, 0.1) is 5.56 Å². The van der Waals surface area contributed by atoms with E-state index in [9.17, 15) is 14.4 Å². The van der Waals surface area contributed by atoms with Crippen molar-refractivity contribution in [3.05, 3.63) is 65.7 Å². The molecule has 140 valence electrons. The van der Waals surface area contributed by atoms with Crippen molar-refractivity contribution in [2.75, 3.05) is 18.4 Å². The van der Waals surface area contributed by atoms with Gasteiger partial charge in [0.2, 0.25) is 6.10 Å². The Hall–Kier alpha value is -3.35. The molecular weight excluding hydrogens is 346 g/mol. The fourth-order valence-electron chi connectivity index (χ4n) is 3.03. The largest absolute Gasteiger partial charge is 0.444 e. The second kappa shape index (κ2) is 8.35. The van der Waals surface area contributed by atoms with Crippen LogP contribution in [0, 0.1) is 0 Å². The number of likely N-dealkylation sites (tertiary alicyclic amines) is 1. The van der Waals surface area contributed by atoms with Crippen molar-refractivity contribution in [2.24, 2.45) is 5.73 Å². The van der Waals surface area contributed by atoms with Crippen LogP contribution in [0.2, 0.25) is 0 Å². The van der Waals surface area contributed by atoms with E-state index in [4.69, 9.17) is 10.5 Å².